The highest BCUT2D eigenvalue weighted by molar-refractivity contribution is 7.87. The smallest absolute Gasteiger partial charge is 0.327 e. The lowest BCUT2D eigenvalue weighted by Crippen LogP contribution is -2.42. The first kappa shape index (κ1) is 20.2. The van der Waals surface area contributed by atoms with Crippen molar-refractivity contribution < 1.29 is 51.1 Å². The van der Waals surface area contributed by atoms with Crippen LogP contribution in [0.5, 0.6) is 0 Å². The SMILES string of the molecule is O=C(CC(C(=O)OC1C2OC(=O)C3CC4C1C4C32)S(=O)(=O)O)OC1C2CC3C(=O)OC1C3C2. The lowest BCUT2D eigenvalue weighted by Gasteiger charge is -2.26. The minimum Gasteiger partial charge on any atom is -0.458 e. The van der Waals surface area contributed by atoms with Crippen LogP contribution in [0.3, 0.4) is 0 Å². The molecule has 5 saturated carbocycles. The van der Waals surface area contributed by atoms with Crippen LogP contribution < -0.4 is 0 Å². The van der Waals surface area contributed by atoms with Crippen LogP contribution in [-0.2, 0) is 48.2 Å². The van der Waals surface area contributed by atoms with Crippen LogP contribution in [0.2, 0.25) is 0 Å². The maximum atomic E-state index is 12.8. The zero-order valence-electron chi connectivity index (χ0n) is 17.3. The van der Waals surface area contributed by atoms with E-state index in [0.29, 0.717) is 19.3 Å². The maximum Gasteiger partial charge on any atom is 0.327 e. The molecule has 1 N–H and O–H groups in total. The summed E-state index contributed by atoms with van der Waals surface area (Å²) in [6, 6.07) is 0. The highest BCUT2D eigenvalue weighted by atomic mass is 32.2. The van der Waals surface area contributed by atoms with Crippen LogP contribution >= 0.6 is 0 Å². The highest BCUT2D eigenvalue weighted by Crippen LogP contribution is 2.73. The van der Waals surface area contributed by atoms with Gasteiger partial charge in [0.25, 0.3) is 10.1 Å². The molecule has 0 spiro atoms. The molecule has 11 nitrogen and oxygen atoms in total. The predicted molar refractivity (Wildman–Crippen MR) is 101 cm³/mol. The van der Waals surface area contributed by atoms with Gasteiger partial charge in [-0.2, -0.15) is 8.42 Å². The molecule has 2 saturated heterocycles. The zero-order valence-corrected chi connectivity index (χ0v) is 18.1. The van der Waals surface area contributed by atoms with Crippen molar-refractivity contribution in [1.29, 1.82) is 0 Å². The maximum absolute atomic E-state index is 12.8. The molecule has 178 valence electrons. The summed E-state index contributed by atoms with van der Waals surface area (Å²) in [6.07, 6.45) is -1.60. The molecule has 2 aliphatic heterocycles. The van der Waals surface area contributed by atoms with E-state index in [4.69, 9.17) is 18.9 Å². The Morgan fingerprint density at radius 2 is 1.64 bits per heavy atom. The van der Waals surface area contributed by atoms with E-state index in [1.807, 2.05) is 0 Å². The molecule has 13 atom stereocenters. The number of hydrogen-bond acceptors (Lipinski definition) is 10. The Hall–Kier alpha value is -2.21. The second-order valence-electron chi connectivity index (χ2n) is 10.6. The Balaban J connectivity index is 1.04. The number of fused-ring (bicyclic) bond motifs is 2. The van der Waals surface area contributed by atoms with Gasteiger partial charge in [-0.05, 0) is 31.1 Å². The summed E-state index contributed by atoms with van der Waals surface area (Å²) in [5, 5.41) is -2.15. The van der Waals surface area contributed by atoms with E-state index >= 15 is 0 Å². The van der Waals surface area contributed by atoms with Gasteiger partial charge in [-0.15, -0.1) is 0 Å². The molecule has 7 rings (SSSR count). The van der Waals surface area contributed by atoms with Gasteiger partial charge in [0.05, 0.1) is 18.3 Å². The first-order valence-electron chi connectivity index (χ1n) is 11.4. The van der Waals surface area contributed by atoms with E-state index in [0.717, 1.165) is 0 Å². The van der Waals surface area contributed by atoms with Crippen molar-refractivity contribution in [2.75, 3.05) is 0 Å². The van der Waals surface area contributed by atoms with E-state index in [1.165, 1.54) is 0 Å². The molecule has 0 aromatic rings. The number of ether oxygens (including phenoxy) is 4. The van der Waals surface area contributed by atoms with Gasteiger partial charge in [0.2, 0.25) is 0 Å². The first-order chi connectivity index (χ1) is 15.6. The summed E-state index contributed by atoms with van der Waals surface area (Å²) < 4.78 is 55.2. The lowest BCUT2D eigenvalue weighted by atomic mass is 9.88. The topological polar surface area (TPSA) is 160 Å². The Morgan fingerprint density at radius 3 is 2.39 bits per heavy atom. The molecule has 0 aromatic heterocycles. The van der Waals surface area contributed by atoms with Crippen LogP contribution in [0, 0.1) is 47.3 Å². The molecule has 7 fully saturated rings. The number of carbonyl (C=O) groups is 4. The van der Waals surface area contributed by atoms with Crippen LogP contribution in [0.4, 0.5) is 0 Å². The molecule has 0 radical (unpaired) electrons. The van der Waals surface area contributed by atoms with Crippen molar-refractivity contribution in [3.8, 4) is 0 Å². The second-order valence-corrected chi connectivity index (χ2v) is 12.2. The molecule has 2 heterocycles. The van der Waals surface area contributed by atoms with E-state index < -0.39 is 58.1 Å². The number of rotatable bonds is 6. The summed E-state index contributed by atoms with van der Waals surface area (Å²) in [6.45, 7) is 0. The van der Waals surface area contributed by atoms with E-state index in [-0.39, 0.29) is 59.3 Å². The molecule has 33 heavy (non-hydrogen) atoms. The van der Waals surface area contributed by atoms with Gasteiger partial charge in [0, 0.05) is 23.7 Å². The Labute approximate surface area is 188 Å². The fourth-order valence-corrected chi connectivity index (χ4v) is 8.70. The van der Waals surface area contributed by atoms with Gasteiger partial charge in [-0.25, -0.2) is 0 Å². The minimum absolute atomic E-state index is 0.00944. The summed E-state index contributed by atoms with van der Waals surface area (Å²) in [5.41, 5.74) is 0. The molecule has 0 amide bonds. The summed E-state index contributed by atoms with van der Waals surface area (Å²) in [4.78, 5) is 49.3. The van der Waals surface area contributed by atoms with Gasteiger partial charge < -0.3 is 18.9 Å². The van der Waals surface area contributed by atoms with Crippen LogP contribution in [0.25, 0.3) is 0 Å². The van der Waals surface area contributed by atoms with Crippen molar-refractivity contribution in [3.05, 3.63) is 0 Å². The van der Waals surface area contributed by atoms with Gasteiger partial charge in [0.15, 0.2) is 5.25 Å². The minimum atomic E-state index is -4.97. The van der Waals surface area contributed by atoms with Gasteiger partial charge in [-0.3, -0.25) is 23.7 Å². The molecule has 12 heteroatoms. The van der Waals surface area contributed by atoms with E-state index in [9.17, 15) is 32.1 Å². The Kier molecular flexibility index (Phi) is 3.83. The molecule has 2 bridgehead atoms. The van der Waals surface area contributed by atoms with E-state index in [2.05, 4.69) is 0 Å². The largest absolute Gasteiger partial charge is 0.458 e. The molecular formula is C21H22O11S. The average Bonchev–Trinajstić information content (AvgIpc) is 3.25. The normalized spacial score (nSPS) is 50.1. The fourth-order valence-electron chi connectivity index (χ4n) is 8.05. The quantitative estimate of drug-likeness (QED) is 0.295. The summed E-state index contributed by atoms with van der Waals surface area (Å²) >= 11 is 0. The summed E-state index contributed by atoms with van der Waals surface area (Å²) in [7, 11) is -4.97. The third kappa shape index (κ3) is 2.62. The second kappa shape index (κ2) is 6.26. The first-order valence-corrected chi connectivity index (χ1v) is 12.9. The molecular weight excluding hydrogens is 460 g/mol. The Morgan fingerprint density at radius 1 is 0.909 bits per heavy atom. The fraction of sp³-hybridized carbons (Fsp3) is 0.810. The number of carbonyl (C=O) groups excluding carboxylic acids is 4. The third-order valence-electron chi connectivity index (χ3n) is 9.27. The van der Waals surface area contributed by atoms with Crippen molar-refractivity contribution in [2.45, 2.75) is 55.3 Å². The predicted octanol–water partition coefficient (Wildman–Crippen LogP) is -0.525. The van der Waals surface area contributed by atoms with Crippen LogP contribution in [-0.4, -0.2) is 66.5 Å². The van der Waals surface area contributed by atoms with Gasteiger partial charge in [0.1, 0.15) is 24.4 Å². The van der Waals surface area contributed by atoms with Crippen LogP contribution in [0.1, 0.15) is 25.7 Å². The van der Waals surface area contributed by atoms with Crippen molar-refractivity contribution >= 4 is 34.0 Å². The standard InChI is InChI=1S/C21H22O11S/c22-11(29-15-5-1-6-7(2-5)19(23)30-16(6)15)4-10(33(26,27)28)21(25)32-17-13-8-3-9-14(12(8)13)18(17)31-20(9)24/h5-10,12-18H,1-4H2,(H,26,27,28). The highest BCUT2D eigenvalue weighted by Gasteiger charge is 2.79. The average molecular weight is 482 g/mol. The molecule has 7 aliphatic rings. The molecule has 0 aromatic carbocycles. The zero-order chi connectivity index (χ0) is 23.0. The van der Waals surface area contributed by atoms with Crippen LogP contribution in [0.15, 0.2) is 0 Å². The Bertz CT molecular complexity index is 1100. The molecule has 5 aliphatic carbocycles. The van der Waals surface area contributed by atoms with Crippen molar-refractivity contribution in [3.63, 3.8) is 0 Å². The third-order valence-corrected chi connectivity index (χ3v) is 10.4. The van der Waals surface area contributed by atoms with Gasteiger partial charge in [-0.1, -0.05) is 0 Å². The van der Waals surface area contributed by atoms with E-state index in [1.54, 1.807) is 0 Å². The van der Waals surface area contributed by atoms with Crippen molar-refractivity contribution in [2.24, 2.45) is 47.3 Å². The van der Waals surface area contributed by atoms with Gasteiger partial charge >= 0.3 is 23.9 Å². The molecule has 13 unspecified atom stereocenters. The summed E-state index contributed by atoms with van der Waals surface area (Å²) in [5.74, 6) is -2.81. The van der Waals surface area contributed by atoms with Crippen molar-refractivity contribution in [1.82, 2.24) is 0 Å². The lowest BCUT2D eigenvalue weighted by molar-refractivity contribution is -0.167. The monoisotopic (exact) mass is 482 g/mol. The number of hydrogen-bond donors (Lipinski definition) is 1. The number of esters is 4.